The molecule has 9 rings (SSSR count). The van der Waals surface area contributed by atoms with Gasteiger partial charge < -0.3 is 61.3 Å². The Morgan fingerprint density at radius 1 is 0.356 bits per heavy atom. The molecule has 0 saturated carbocycles. The summed E-state index contributed by atoms with van der Waals surface area (Å²) in [4.78, 5) is 57.6. The predicted molar refractivity (Wildman–Crippen MR) is 344 cm³/mol. The second-order valence-electron chi connectivity index (χ2n) is 27.8. The van der Waals surface area contributed by atoms with Crippen LogP contribution in [0.3, 0.4) is 0 Å². The fourth-order valence-corrected chi connectivity index (χ4v) is 17.7. The topological polar surface area (TPSA) is 553 Å². The molecule has 4 aromatic carbocycles. The Morgan fingerprint density at radius 3 is 0.769 bits per heavy atom. The van der Waals surface area contributed by atoms with Crippen molar-refractivity contribution in [3.05, 3.63) is 91.0 Å². The van der Waals surface area contributed by atoms with Crippen LogP contribution in [0.25, 0.3) is 0 Å². The SMILES string of the molecule is C[C@@]1(C(=O)O)CCCN1Cc1c([O-])c2cc(c1[O-])C(CCS(=O)(=O)O)c1cc(c(O)c(CN3CCC[C@@]3(C)C(=O)O)c1[O-])C(CCS(=O)(=O)O)c1cc(c(O)c(CN3CCC[C@@]3(C)C(=O)O)c1O)C(CCS(=O)(=O)O)c1cc(c([O-])c(CN3CCC[C@@]3(C)C(=O)O)c1O)C2CCS(=O)(=O)O.[Na+].[Na+].[Na+].[Na+]. The number of carbonyl (C=O) groups is 4. The minimum atomic E-state index is -5.28. The molecule has 8 atom stereocenters. The maximum atomic E-state index is 16.0. The zero-order valence-electron chi connectivity index (χ0n) is 58.9. The van der Waals surface area contributed by atoms with Gasteiger partial charge in [0, 0.05) is 83.2 Å². The number of rotatable bonds is 24. The first-order valence-corrected chi connectivity index (χ1v) is 38.6. The number of fused-ring (bicyclic) bond motifs is 8. The van der Waals surface area contributed by atoms with Crippen molar-refractivity contribution in [1.82, 2.24) is 19.6 Å². The van der Waals surface area contributed by atoms with Gasteiger partial charge in [-0.2, -0.15) is 33.7 Å². The van der Waals surface area contributed by atoms with Gasteiger partial charge in [0.05, 0.1) is 28.6 Å². The Bertz CT molecular complexity index is 3810. The largest absolute Gasteiger partial charge is 1.00 e. The van der Waals surface area contributed by atoms with Crippen molar-refractivity contribution < 1.29 is 251 Å². The van der Waals surface area contributed by atoms with E-state index in [0.717, 1.165) is 24.3 Å². The van der Waals surface area contributed by atoms with Crippen molar-refractivity contribution in [2.24, 2.45) is 0 Å². The van der Waals surface area contributed by atoms with E-state index in [2.05, 4.69) is 0 Å². The molecule has 1 aliphatic carbocycles. The first kappa shape index (κ1) is 91.3. The fourth-order valence-electron chi connectivity index (χ4n) is 15.5. The number of benzene rings is 4. The number of aromatic hydroxyl groups is 4. The Balaban J connectivity index is 0.00000486. The van der Waals surface area contributed by atoms with Crippen LogP contribution in [-0.2, 0) is 85.8 Å². The monoisotopic (exact) mass is 1570 g/mol. The average Bonchev–Trinajstić information content (AvgIpc) is 0.824. The van der Waals surface area contributed by atoms with E-state index in [0.29, 0.717) is 0 Å². The average molecular weight is 1570 g/mol. The van der Waals surface area contributed by atoms with E-state index in [9.17, 15) is 112 Å². The molecule has 40 heteroatoms. The molecule has 4 aromatic rings. The predicted octanol–water partition coefficient (Wildman–Crippen LogP) is -9.47. The zero-order valence-corrected chi connectivity index (χ0v) is 70.2. The van der Waals surface area contributed by atoms with Crippen molar-refractivity contribution in [3.63, 3.8) is 0 Å². The standard InChI is InChI=1S/C64H84N4O28S4.4Na/c1-61(57(77)78)13-5-17-65(61)29-45-49(69)37-25-38(50(45)70)34(10-22-98(88,89)90)40-27-42(54(74)47(52(40)72)31-67-19-7-15-63(67,3)59(81)82)36(12-24-100(94,95)96)44-28-43(55(75)48(56(44)76)32-68-20-8-16-64(68,4)60(83)84)35(11-23-99(91,92)93)41-26-39(33(37)9-21-97(85,86)87)51(71)46(53(41)73)30-66-18-6-14-62(66,2)58(79)80;;;;/h25-28,33-36,69-76H,5-24,29-32H2,1-4H3,(H,77,78)(H,79,80)(H,81,82)(H,83,84)(H,85,86,87)(H,88,89,90)(H,91,92,93)(H,94,95,96);;;;/q;4*+1/p-4/t33?,34?,35?,36?,61-,62-,63-,64-;;;;/m0..../s1. The number of likely N-dealkylation sites (tertiary alicyclic amines) is 4. The van der Waals surface area contributed by atoms with Crippen LogP contribution in [0.2, 0.25) is 0 Å². The molecular formula is C64H80N4Na4O28S4. The molecule has 5 aliphatic rings. The molecule has 4 aliphatic heterocycles. The van der Waals surface area contributed by atoms with E-state index in [1.807, 2.05) is 0 Å². The van der Waals surface area contributed by atoms with Crippen LogP contribution < -0.4 is 139 Å². The minimum Gasteiger partial charge on any atom is -0.872 e. The third-order valence-corrected chi connectivity index (χ3v) is 24.7. The van der Waals surface area contributed by atoms with Crippen LogP contribution >= 0.6 is 0 Å². The summed E-state index contributed by atoms with van der Waals surface area (Å²) in [5.74, 6) is -29.6. The van der Waals surface area contributed by atoms with E-state index >= 15 is 20.4 Å². The van der Waals surface area contributed by atoms with E-state index in [1.165, 1.54) is 47.3 Å². The molecule has 4 fully saturated rings. The number of phenols is 4. The number of carboxylic acids is 4. The second-order valence-corrected chi connectivity index (χ2v) is 34.1. The minimum absolute atomic E-state index is 0. The van der Waals surface area contributed by atoms with Gasteiger partial charge in [-0.1, -0.05) is 29.7 Å². The van der Waals surface area contributed by atoms with Gasteiger partial charge in [-0.05, 0) is 165 Å². The number of hydrogen-bond acceptors (Lipinski definition) is 24. The van der Waals surface area contributed by atoms with Crippen LogP contribution in [0.5, 0.6) is 46.0 Å². The fraction of sp³-hybridized carbons (Fsp3) is 0.562. The third-order valence-electron chi connectivity index (χ3n) is 21.7. The van der Waals surface area contributed by atoms with Gasteiger partial charge in [0.25, 0.3) is 40.5 Å². The van der Waals surface area contributed by atoms with Crippen LogP contribution in [0.4, 0.5) is 0 Å². The molecule has 32 nitrogen and oxygen atoms in total. The van der Waals surface area contributed by atoms with Gasteiger partial charge in [0.2, 0.25) is 0 Å². The Morgan fingerprint density at radius 2 is 0.538 bits per heavy atom. The van der Waals surface area contributed by atoms with Crippen LogP contribution in [0.1, 0.15) is 195 Å². The number of aliphatic carboxylic acids is 4. The van der Waals surface area contributed by atoms with Gasteiger partial charge in [0.15, 0.2) is 0 Å². The Hall–Kier alpha value is -3.36. The van der Waals surface area contributed by atoms with Crippen LogP contribution in [0.15, 0.2) is 24.3 Å². The summed E-state index contributed by atoms with van der Waals surface area (Å²) in [6.45, 7) is 1.19. The smallest absolute Gasteiger partial charge is 0.872 e. The van der Waals surface area contributed by atoms with E-state index in [1.54, 1.807) is 0 Å². The summed E-state index contributed by atoms with van der Waals surface area (Å²) >= 11 is 0. The first-order valence-electron chi connectivity index (χ1n) is 32.1. The summed E-state index contributed by atoms with van der Waals surface area (Å²) in [6, 6.07) is 3.23. The number of nitrogens with zero attached hydrogens (tertiary/aromatic N) is 4. The van der Waals surface area contributed by atoms with Crippen molar-refractivity contribution in [2.75, 3.05) is 49.2 Å². The molecule has 8 bridgehead atoms. The summed E-state index contributed by atoms with van der Waals surface area (Å²) in [5.41, 5.74) is -16.5. The zero-order chi connectivity index (χ0) is 74.3. The molecule has 4 unspecified atom stereocenters. The number of hydrogen-bond donors (Lipinski definition) is 12. The molecule has 104 heavy (non-hydrogen) atoms. The summed E-state index contributed by atoms with van der Waals surface area (Å²) in [5, 5.41) is 159. The molecule has 0 radical (unpaired) electrons. The summed E-state index contributed by atoms with van der Waals surface area (Å²) in [6.07, 6.45) is -3.99. The van der Waals surface area contributed by atoms with Gasteiger partial charge in [-0.15, -0.1) is 11.5 Å². The molecule has 4 saturated heterocycles. The van der Waals surface area contributed by atoms with Crippen molar-refractivity contribution >= 4 is 64.3 Å². The quantitative estimate of drug-likeness (QED) is 0.0229. The maximum absolute atomic E-state index is 16.0. The molecule has 0 spiro atoms. The Kier molecular flexibility index (Phi) is 29.9. The summed E-state index contributed by atoms with van der Waals surface area (Å²) < 4.78 is 148. The van der Waals surface area contributed by atoms with E-state index in [-0.39, 0.29) is 196 Å². The molecule has 0 amide bonds. The Labute approximate surface area is 690 Å². The molecule has 0 aromatic heterocycles. The molecule has 12 N–H and O–H groups in total. The molecular weight excluding hydrogens is 1490 g/mol. The van der Waals surface area contributed by atoms with Gasteiger partial charge in [0.1, 0.15) is 45.2 Å². The summed E-state index contributed by atoms with van der Waals surface area (Å²) in [7, 11) is -21.0. The van der Waals surface area contributed by atoms with Gasteiger partial charge in [-0.3, -0.25) is 57.0 Å². The maximum Gasteiger partial charge on any atom is 1.00 e. The second kappa shape index (κ2) is 34.1. The van der Waals surface area contributed by atoms with Crippen molar-refractivity contribution in [1.29, 1.82) is 0 Å². The molecule has 4 heterocycles. The van der Waals surface area contributed by atoms with Crippen LogP contribution in [-0.4, -0.2) is 208 Å². The van der Waals surface area contributed by atoms with Crippen molar-refractivity contribution in [2.45, 2.75) is 177 Å². The normalized spacial score (nSPS) is 24.8. The van der Waals surface area contributed by atoms with Crippen LogP contribution in [0, 0.1) is 0 Å². The number of carboxylic acid groups (broad SMARTS) is 4. The third kappa shape index (κ3) is 18.6. The van der Waals surface area contributed by atoms with Gasteiger partial charge in [-0.25, -0.2) is 0 Å². The number of phenolic OH excluding ortho intramolecular Hbond substituents is 4. The first-order chi connectivity index (χ1) is 46.2. The van der Waals surface area contributed by atoms with Gasteiger partial charge >= 0.3 is 142 Å². The van der Waals surface area contributed by atoms with E-state index in [4.69, 9.17) is 0 Å². The van der Waals surface area contributed by atoms with E-state index < -0.39 is 298 Å². The molecule has 552 valence electrons. The van der Waals surface area contributed by atoms with Crippen molar-refractivity contribution in [3.8, 4) is 46.0 Å².